The monoisotopic (exact) mass is 303 g/mol. The lowest BCUT2D eigenvalue weighted by Crippen LogP contribution is -2.27. The summed E-state index contributed by atoms with van der Waals surface area (Å²) in [5, 5.41) is 3.52. The number of hydrogen-bond acceptors (Lipinski definition) is 2. The number of benzene rings is 1. The van der Waals surface area contributed by atoms with Crippen LogP contribution in [0.4, 0.5) is 0 Å². The molecule has 0 aliphatic carbocycles. The minimum atomic E-state index is -0.748. The maximum absolute atomic E-state index is 11.1. The van der Waals surface area contributed by atoms with E-state index in [-0.39, 0.29) is 5.25 Å². The molecule has 0 saturated carbocycles. The van der Waals surface area contributed by atoms with Gasteiger partial charge < -0.3 is 5.32 Å². The van der Waals surface area contributed by atoms with Crippen LogP contribution in [-0.4, -0.2) is 22.3 Å². The first-order chi connectivity index (χ1) is 7.50. The zero-order valence-corrected chi connectivity index (χ0v) is 12.3. The normalized spacial score (nSPS) is 14.8. The van der Waals surface area contributed by atoms with Gasteiger partial charge >= 0.3 is 0 Å². The van der Waals surface area contributed by atoms with Gasteiger partial charge in [0.2, 0.25) is 0 Å². The van der Waals surface area contributed by atoms with Crippen LogP contribution in [0.2, 0.25) is 0 Å². The summed E-state index contributed by atoms with van der Waals surface area (Å²) in [6, 6.07) is 6.33. The van der Waals surface area contributed by atoms with E-state index in [1.54, 1.807) is 6.26 Å². The maximum Gasteiger partial charge on any atom is 0.0441 e. The van der Waals surface area contributed by atoms with Crippen LogP contribution in [0, 0.1) is 6.92 Å². The smallest absolute Gasteiger partial charge is 0.0441 e. The topological polar surface area (TPSA) is 29.1 Å². The van der Waals surface area contributed by atoms with Gasteiger partial charge in [0.1, 0.15) is 0 Å². The number of nitrogens with one attached hydrogen (secondary N) is 1. The Balaban J connectivity index is 2.43. The highest BCUT2D eigenvalue weighted by Crippen LogP contribution is 2.17. The van der Waals surface area contributed by atoms with Gasteiger partial charge in [-0.05, 0) is 31.0 Å². The molecule has 1 aromatic rings. The molecule has 0 saturated heterocycles. The van der Waals surface area contributed by atoms with Crippen molar-refractivity contribution in [1.29, 1.82) is 0 Å². The Hall–Kier alpha value is -0.190. The highest BCUT2D eigenvalue weighted by atomic mass is 79.9. The summed E-state index contributed by atoms with van der Waals surface area (Å²) in [4.78, 5) is 0. The molecule has 0 fully saturated rings. The predicted octanol–water partition coefficient (Wildman–Crippen LogP) is 2.61. The van der Waals surface area contributed by atoms with Gasteiger partial charge in [-0.25, -0.2) is 0 Å². The van der Waals surface area contributed by atoms with Gasteiger partial charge in [0.15, 0.2) is 0 Å². The molecule has 16 heavy (non-hydrogen) atoms. The lowest BCUT2D eigenvalue weighted by Gasteiger charge is -2.10. The third kappa shape index (κ3) is 4.36. The summed E-state index contributed by atoms with van der Waals surface area (Å²) in [6.07, 6.45) is 1.74. The molecular weight excluding hydrogens is 286 g/mol. The molecule has 0 amide bonds. The van der Waals surface area contributed by atoms with Gasteiger partial charge in [-0.1, -0.05) is 28.1 Å². The Kier molecular flexibility index (Phi) is 5.66. The van der Waals surface area contributed by atoms with Gasteiger partial charge in [-0.15, -0.1) is 0 Å². The second kappa shape index (κ2) is 6.52. The quantitative estimate of drug-likeness (QED) is 0.906. The summed E-state index contributed by atoms with van der Waals surface area (Å²) < 4.78 is 12.3. The van der Waals surface area contributed by atoms with Crippen LogP contribution in [0.3, 0.4) is 0 Å². The average Bonchev–Trinajstić information content (AvgIpc) is 2.23. The van der Waals surface area contributed by atoms with Crippen LogP contribution < -0.4 is 5.32 Å². The molecule has 90 valence electrons. The molecule has 0 heterocycles. The first-order valence-electron chi connectivity index (χ1n) is 5.28. The Morgan fingerprint density at radius 3 is 2.75 bits per heavy atom. The van der Waals surface area contributed by atoms with Crippen molar-refractivity contribution in [3.05, 3.63) is 33.8 Å². The Labute approximate surface area is 108 Å². The van der Waals surface area contributed by atoms with Crippen molar-refractivity contribution < 1.29 is 4.21 Å². The van der Waals surface area contributed by atoms with Crippen molar-refractivity contribution >= 4 is 26.7 Å². The van der Waals surface area contributed by atoms with Crippen LogP contribution in [0.5, 0.6) is 0 Å². The molecule has 2 nitrogen and oxygen atoms in total. The van der Waals surface area contributed by atoms with Crippen LogP contribution in [0.1, 0.15) is 18.1 Å². The van der Waals surface area contributed by atoms with E-state index in [9.17, 15) is 4.21 Å². The zero-order valence-electron chi connectivity index (χ0n) is 9.92. The Bertz CT molecular complexity index is 381. The maximum atomic E-state index is 11.1. The minimum Gasteiger partial charge on any atom is -0.311 e. The van der Waals surface area contributed by atoms with E-state index in [2.05, 4.69) is 46.4 Å². The van der Waals surface area contributed by atoms with E-state index in [4.69, 9.17) is 0 Å². The standard InChI is InChI=1S/C12H18BrNOS/c1-9-4-5-11(6-12(9)13)8-14-7-10(2)16(3)15/h4-6,10,14H,7-8H2,1-3H3. The molecule has 2 unspecified atom stereocenters. The van der Waals surface area contributed by atoms with E-state index in [1.165, 1.54) is 11.1 Å². The van der Waals surface area contributed by atoms with E-state index in [0.717, 1.165) is 17.6 Å². The highest BCUT2D eigenvalue weighted by molar-refractivity contribution is 9.10. The summed E-state index contributed by atoms with van der Waals surface area (Å²) >= 11 is 3.51. The van der Waals surface area contributed by atoms with Crippen molar-refractivity contribution in [2.24, 2.45) is 0 Å². The first kappa shape index (κ1) is 13.9. The fourth-order valence-electron chi connectivity index (χ4n) is 1.28. The van der Waals surface area contributed by atoms with Gasteiger partial charge in [0, 0.05) is 39.9 Å². The summed E-state index contributed by atoms with van der Waals surface area (Å²) in [6.45, 7) is 5.67. The largest absolute Gasteiger partial charge is 0.311 e. The minimum absolute atomic E-state index is 0.203. The Morgan fingerprint density at radius 1 is 1.50 bits per heavy atom. The number of halogens is 1. The summed E-state index contributed by atoms with van der Waals surface area (Å²) in [5.41, 5.74) is 2.48. The lowest BCUT2D eigenvalue weighted by atomic mass is 10.1. The van der Waals surface area contributed by atoms with Crippen LogP contribution in [0.25, 0.3) is 0 Å². The third-order valence-corrected chi connectivity index (χ3v) is 4.72. The molecule has 0 bridgehead atoms. The zero-order chi connectivity index (χ0) is 12.1. The first-order valence-corrected chi connectivity index (χ1v) is 7.70. The second-order valence-corrected chi connectivity index (χ2v) is 6.68. The second-order valence-electron chi connectivity index (χ2n) is 4.02. The molecule has 1 N–H and O–H groups in total. The van der Waals surface area contributed by atoms with Gasteiger partial charge in [-0.3, -0.25) is 4.21 Å². The molecule has 0 radical (unpaired) electrons. The number of hydrogen-bond donors (Lipinski definition) is 1. The highest BCUT2D eigenvalue weighted by Gasteiger charge is 2.05. The number of rotatable bonds is 5. The molecule has 4 heteroatoms. The Morgan fingerprint density at radius 2 is 2.19 bits per heavy atom. The van der Waals surface area contributed by atoms with E-state index >= 15 is 0 Å². The van der Waals surface area contributed by atoms with Crippen LogP contribution in [0.15, 0.2) is 22.7 Å². The van der Waals surface area contributed by atoms with E-state index in [1.807, 2.05) is 6.92 Å². The molecule has 0 aliphatic heterocycles. The van der Waals surface area contributed by atoms with Gasteiger partial charge in [0.05, 0.1) is 0 Å². The van der Waals surface area contributed by atoms with E-state index < -0.39 is 10.8 Å². The lowest BCUT2D eigenvalue weighted by molar-refractivity contribution is 0.647. The fourth-order valence-corrected chi connectivity index (χ4v) is 2.06. The molecule has 1 aromatic carbocycles. The molecule has 0 aliphatic rings. The van der Waals surface area contributed by atoms with E-state index in [0.29, 0.717) is 0 Å². The van der Waals surface area contributed by atoms with Gasteiger partial charge in [0.25, 0.3) is 0 Å². The van der Waals surface area contributed by atoms with Crippen molar-refractivity contribution in [1.82, 2.24) is 5.32 Å². The molecule has 0 aromatic heterocycles. The predicted molar refractivity (Wildman–Crippen MR) is 74.1 cm³/mol. The third-order valence-electron chi connectivity index (χ3n) is 2.56. The summed E-state index contributed by atoms with van der Waals surface area (Å²) in [5.74, 6) is 0. The number of aryl methyl sites for hydroxylation is 1. The van der Waals surface area contributed by atoms with Crippen LogP contribution >= 0.6 is 15.9 Å². The van der Waals surface area contributed by atoms with Crippen molar-refractivity contribution in [2.75, 3.05) is 12.8 Å². The summed E-state index contributed by atoms with van der Waals surface area (Å²) in [7, 11) is -0.748. The molecular formula is C12H18BrNOS. The fraction of sp³-hybridized carbons (Fsp3) is 0.500. The SMILES string of the molecule is Cc1ccc(CNCC(C)S(C)=O)cc1Br. The molecule has 1 rings (SSSR count). The molecule has 2 atom stereocenters. The van der Waals surface area contributed by atoms with Crippen LogP contribution in [-0.2, 0) is 17.3 Å². The van der Waals surface area contributed by atoms with Crippen molar-refractivity contribution in [3.63, 3.8) is 0 Å². The molecule has 0 spiro atoms. The van der Waals surface area contributed by atoms with Gasteiger partial charge in [-0.2, -0.15) is 0 Å². The van der Waals surface area contributed by atoms with Crippen molar-refractivity contribution in [2.45, 2.75) is 25.6 Å². The average molecular weight is 304 g/mol. The van der Waals surface area contributed by atoms with Crippen molar-refractivity contribution in [3.8, 4) is 0 Å².